The summed E-state index contributed by atoms with van der Waals surface area (Å²) >= 11 is 0. The number of phosphoric acid groups is 1. The summed E-state index contributed by atoms with van der Waals surface area (Å²) in [6, 6.07) is 0. The Morgan fingerprint density at radius 2 is 0.600 bits per heavy atom. The Morgan fingerprint density at radius 3 is 0.844 bits per heavy atom. The zero-order chi connectivity index (χ0) is 31.2. The molecule has 0 fully saturated rings. The van der Waals surface area contributed by atoms with E-state index in [0.29, 0.717) is 0 Å². The van der Waals surface area contributed by atoms with Crippen molar-refractivity contribution >= 4 is 7.82 Å². The number of allylic oxidation sites excluding steroid dienone is 4. The predicted octanol–water partition coefficient (Wildman–Crippen LogP) is 1.27. The number of unbranched alkanes of at least 4 members (excludes halogenated alkanes) is 24. The van der Waals surface area contributed by atoms with Gasteiger partial charge in [0.25, 0.3) is 0 Å². The number of rotatable bonds is 32. The minimum Gasteiger partial charge on any atom is -0.822 e. The molecule has 0 aromatic rings. The Bertz CT molecular complexity index is 555. The SMILES string of the molecule is CCCCCCCCC=CCCCCCCCCOCCCCCCCCC=CCCCCCCCC.O=P([O-])([O-])[O-].[K+].[K+].[K+]. The average Bonchev–Trinajstić information content (AvgIpc) is 2.94. The summed E-state index contributed by atoms with van der Waals surface area (Å²) in [6.45, 7) is 6.54. The van der Waals surface area contributed by atoms with E-state index in [1.807, 2.05) is 0 Å². The third-order valence-corrected chi connectivity index (χ3v) is 7.60. The van der Waals surface area contributed by atoms with Crippen molar-refractivity contribution < 1.29 is 178 Å². The van der Waals surface area contributed by atoms with Crippen molar-refractivity contribution in [3.8, 4) is 0 Å². The molecule has 0 amide bonds. The fraction of sp³-hybridized carbons (Fsp3) is 0.889. The van der Waals surface area contributed by atoms with Crippen molar-refractivity contribution in [3.63, 3.8) is 0 Å². The first-order valence-electron chi connectivity index (χ1n) is 18.0. The second-order valence-electron chi connectivity index (χ2n) is 11.9. The Kier molecular flexibility index (Phi) is 69.0. The summed E-state index contributed by atoms with van der Waals surface area (Å²) in [5, 5.41) is 0. The van der Waals surface area contributed by atoms with Gasteiger partial charge in [-0.1, -0.05) is 154 Å². The fourth-order valence-corrected chi connectivity index (χ4v) is 5.01. The van der Waals surface area contributed by atoms with Crippen LogP contribution < -0.4 is 169 Å². The molecule has 0 heterocycles. The van der Waals surface area contributed by atoms with Gasteiger partial charge in [0, 0.05) is 13.2 Å². The molecule has 0 aromatic carbocycles. The van der Waals surface area contributed by atoms with Gasteiger partial charge >= 0.3 is 154 Å². The van der Waals surface area contributed by atoms with Crippen LogP contribution in [0, 0.1) is 0 Å². The Morgan fingerprint density at radius 1 is 0.400 bits per heavy atom. The van der Waals surface area contributed by atoms with Gasteiger partial charge in [-0.2, -0.15) is 7.82 Å². The van der Waals surface area contributed by atoms with Crippen LogP contribution in [0.1, 0.15) is 194 Å². The van der Waals surface area contributed by atoms with Gasteiger partial charge in [-0.05, 0) is 64.2 Å². The van der Waals surface area contributed by atoms with Crippen molar-refractivity contribution in [2.45, 2.75) is 194 Å². The van der Waals surface area contributed by atoms with Crippen LogP contribution in [-0.2, 0) is 9.30 Å². The molecule has 0 spiro atoms. The van der Waals surface area contributed by atoms with E-state index in [1.54, 1.807) is 0 Å². The zero-order valence-corrected chi connectivity index (χ0v) is 41.3. The minimum atomic E-state index is -5.39. The fourth-order valence-electron chi connectivity index (χ4n) is 5.01. The van der Waals surface area contributed by atoms with Gasteiger partial charge in [0.2, 0.25) is 0 Å². The first-order valence-corrected chi connectivity index (χ1v) is 19.5. The Balaban J connectivity index is -0.000000613. The van der Waals surface area contributed by atoms with Crippen molar-refractivity contribution in [2.24, 2.45) is 0 Å². The molecule has 0 aliphatic carbocycles. The molecule has 0 radical (unpaired) electrons. The topological polar surface area (TPSA) is 95.5 Å². The van der Waals surface area contributed by atoms with Crippen LogP contribution in [0.25, 0.3) is 0 Å². The third kappa shape index (κ3) is 70.7. The zero-order valence-electron chi connectivity index (χ0n) is 31.0. The summed E-state index contributed by atoms with van der Waals surface area (Å²) in [7, 11) is -5.39. The van der Waals surface area contributed by atoms with Crippen LogP contribution in [0.4, 0.5) is 0 Å². The summed E-state index contributed by atoms with van der Waals surface area (Å²) in [4.78, 5) is 25.6. The largest absolute Gasteiger partial charge is 1.00 e. The van der Waals surface area contributed by atoms with Gasteiger partial charge in [-0.15, -0.1) is 0 Å². The standard InChI is InChI=1S/C36H70O.3K.H3O4P/c1-3-5-7-9-11-13-15-17-19-21-23-25-27-29-31-33-35-37-36-34-32-30-28-26-24-22-20-18-16-14-12-10-8-6-4-2;;;;1-5(2,3)4/h17-20H,3-16,21-36H2,1-2H3;;;;(H3,1,2,3,4)/q;3*+1;/p-3. The molecule has 9 heteroatoms. The molecule has 0 N–H and O–H groups in total. The molecule has 0 saturated heterocycles. The van der Waals surface area contributed by atoms with Crippen LogP contribution in [0.2, 0.25) is 0 Å². The molecule has 252 valence electrons. The van der Waals surface area contributed by atoms with E-state index in [-0.39, 0.29) is 154 Å². The first kappa shape index (κ1) is 58.8. The number of ether oxygens (including phenoxy) is 1. The molecule has 0 aromatic heterocycles. The normalized spacial score (nSPS) is 11.1. The minimum absolute atomic E-state index is 0. The second-order valence-corrected chi connectivity index (χ2v) is 12.8. The maximum atomic E-state index is 8.55. The molecule has 0 aliphatic heterocycles. The van der Waals surface area contributed by atoms with Crippen LogP contribution in [0.5, 0.6) is 0 Å². The van der Waals surface area contributed by atoms with E-state index in [0.717, 1.165) is 13.2 Å². The molecule has 0 aliphatic rings. The van der Waals surface area contributed by atoms with E-state index >= 15 is 0 Å². The molecular weight excluding hydrogens is 661 g/mol. The number of hydrogen-bond acceptors (Lipinski definition) is 5. The van der Waals surface area contributed by atoms with E-state index in [9.17, 15) is 0 Å². The molecule has 0 atom stereocenters. The van der Waals surface area contributed by atoms with Crippen molar-refractivity contribution in [1.29, 1.82) is 0 Å². The van der Waals surface area contributed by atoms with Gasteiger partial charge in [0.15, 0.2) is 0 Å². The maximum Gasteiger partial charge on any atom is 1.00 e. The summed E-state index contributed by atoms with van der Waals surface area (Å²) in [6.07, 6.45) is 48.1. The monoisotopic (exact) mass is 730 g/mol. The Labute approximate surface area is 409 Å². The smallest absolute Gasteiger partial charge is 0.822 e. The molecule has 0 saturated carbocycles. The van der Waals surface area contributed by atoms with E-state index in [1.165, 1.54) is 180 Å². The number of hydrogen-bond donors (Lipinski definition) is 0. The van der Waals surface area contributed by atoms with Crippen molar-refractivity contribution in [1.82, 2.24) is 0 Å². The molecule has 0 rings (SSSR count). The van der Waals surface area contributed by atoms with Gasteiger partial charge in [0.05, 0.1) is 0 Å². The van der Waals surface area contributed by atoms with Gasteiger partial charge < -0.3 is 24.0 Å². The van der Waals surface area contributed by atoms with Crippen molar-refractivity contribution in [2.75, 3.05) is 13.2 Å². The first-order chi connectivity index (χ1) is 20.4. The van der Waals surface area contributed by atoms with Crippen LogP contribution >= 0.6 is 7.82 Å². The van der Waals surface area contributed by atoms with Gasteiger partial charge in [-0.3, -0.25) is 0 Å². The summed E-state index contributed by atoms with van der Waals surface area (Å²) in [5.41, 5.74) is 0. The summed E-state index contributed by atoms with van der Waals surface area (Å²) in [5.74, 6) is 0. The average molecular weight is 731 g/mol. The van der Waals surface area contributed by atoms with Gasteiger partial charge in [0.1, 0.15) is 0 Å². The Hall–Kier alpha value is 4.46. The van der Waals surface area contributed by atoms with Crippen LogP contribution in [0.15, 0.2) is 24.3 Å². The van der Waals surface area contributed by atoms with Gasteiger partial charge in [-0.25, -0.2) is 0 Å². The van der Waals surface area contributed by atoms with Crippen LogP contribution in [-0.4, -0.2) is 13.2 Å². The van der Waals surface area contributed by atoms with E-state index < -0.39 is 7.82 Å². The molecule has 0 unspecified atom stereocenters. The molecule has 5 nitrogen and oxygen atoms in total. The van der Waals surface area contributed by atoms with Crippen LogP contribution in [0.3, 0.4) is 0 Å². The van der Waals surface area contributed by atoms with E-state index in [2.05, 4.69) is 38.2 Å². The van der Waals surface area contributed by atoms with E-state index in [4.69, 9.17) is 24.0 Å². The predicted molar refractivity (Wildman–Crippen MR) is 177 cm³/mol. The maximum absolute atomic E-state index is 8.55. The van der Waals surface area contributed by atoms with Crippen molar-refractivity contribution in [3.05, 3.63) is 24.3 Å². The quantitative estimate of drug-likeness (QED) is 0.0450. The third-order valence-electron chi connectivity index (χ3n) is 7.60. The molecular formula is C36H70K3O5P. The molecule has 45 heavy (non-hydrogen) atoms. The molecule has 0 bridgehead atoms. The second kappa shape index (κ2) is 52.8. The summed E-state index contributed by atoms with van der Waals surface area (Å²) < 4.78 is 14.4.